The van der Waals surface area contributed by atoms with Gasteiger partial charge in [-0.1, -0.05) is 0 Å². The van der Waals surface area contributed by atoms with Crippen molar-refractivity contribution in [2.75, 3.05) is 0 Å². The molecule has 5 aromatic rings. The Bertz CT molecular complexity index is 1830. The summed E-state index contributed by atoms with van der Waals surface area (Å²) in [6.45, 7) is 11.4. The highest BCUT2D eigenvalue weighted by Gasteiger charge is 2.35. The summed E-state index contributed by atoms with van der Waals surface area (Å²) in [6, 6.07) is 3.82. The molecule has 0 fully saturated rings. The Labute approximate surface area is 219 Å². The lowest BCUT2D eigenvalue weighted by atomic mass is 9.77. The first kappa shape index (κ1) is 23.6. The number of phenolic OH excluding ortho intramolecular Hbond substituents is 2. The summed E-state index contributed by atoms with van der Waals surface area (Å²) in [6.07, 6.45) is -0.00948. The number of hydrogen-bond acceptors (Lipinski definition) is 6. The minimum Gasteiger partial charge on any atom is -0.507 e. The molecule has 0 aromatic heterocycles. The standard InChI is InChI=1S/C32H30O6/c1-11-7-17-18-8-12(2)30(34)28-24(18)26(20-10-14(4)38-16(6)22(20)32(28)36)25-19-9-13(3)37-15(5)21(19)31(35)27(23(17)25)29(11)33/h7-8,13-16,33-34H,9-10H2,1-6H3/t13-,14-,15+,16+/m0/s1. The van der Waals surface area contributed by atoms with Crippen molar-refractivity contribution in [3.63, 3.8) is 0 Å². The third-order valence-electron chi connectivity index (χ3n) is 8.89. The largest absolute Gasteiger partial charge is 0.507 e. The number of benzene rings is 5. The van der Waals surface area contributed by atoms with Crippen LogP contribution in [0.3, 0.4) is 0 Å². The summed E-state index contributed by atoms with van der Waals surface area (Å²) in [4.78, 5) is 28.2. The minimum atomic E-state index is -0.440. The molecule has 0 saturated carbocycles. The molecule has 0 amide bonds. The lowest BCUT2D eigenvalue weighted by molar-refractivity contribution is -0.00531. The molecule has 194 valence electrons. The quantitative estimate of drug-likeness (QED) is 0.197. The van der Waals surface area contributed by atoms with E-state index in [0.717, 1.165) is 43.4 Å². The van der Waals surface area contributed by atoms with Crippen LogP contribution in [-0.4, -0.2) is 22.4 Å². The lowest BCUT2D eigenvalue weighted by Gasteiger charge is -2.33. The SMILES string of the molecule is Cc1cc2c3cc(C)c(O)c4c(=O)c5c(c(c6c7c(c(=O)c(c1O)c26)[C@@H](C)O[C@@H](C)C7)c43)C[C@H](C)O[C@@H]5C. The number of hydrogen-bond donors (Lipinski definition) is 2. The van der Waals surface area contributed by atoms with E-state index in [-0.39, 0.29) is 34.6 Å². The number of aromatic hydroxyl groups is 2. The van der Waals surface area contributed by atoms with E-state index in [1.165, 1.54) is 0 Å². The number of ether oxygens (including phenoxy) is 2. The molecule has 0 radical (unpaired) electrons. The van der Waals surface area contributed by atoms with Crippen molar-refractivity contribution in [3.05, 3.63) is 66.0 Å². The van der Waals surface area contributed by atoms with Gasteiger partial charge in [0.25, 0.3) is 0 Å². The number of rotatable bonds is 0. The molecule has 0 bridgehead atoms. The zero-order chi connectivity index (χ0) is 26.9. The Kier molecular flexibility index (Phi) is 4.69. The summed E-state index contributed by atoms with van der Waals surface area (Å²) in [5, 5.41) is 28.1. The van der Waals surface area contributed by atoms with Gasteiger partial charge in [-0.15, -0.1) is 0 Å². The summed E-state index contributed by atoms with van der Waals surface area (Å²) in [7, 11) is 0. The summed E-state index contributed by atoms with van der Waals surface area (Å²) in [5.74, 6) is -0.0311. The maximum absolute atomic E-state index is 14.1. The molecular weight excluding hydrogens is 480 g/mol. The van der Waals surface area contributed by atoms with Crippen LogP contribution in [0.1, 0.15) is 73.3 Å². The highest BCUT2D eigenvalue weighted by Crippen LogP contribution is 2.50. The van der Waals surface area contributed by atoms with Gasteiger partial charge in [-0.2, -0.15) is 0 Å². The van der Waals surface area contributed by atoms with Gasteiger partial charge in [0.2, 0.25) is 0 Å². The summed E-state index contributed by atoms with van der Waals surface area (Å²) >= 11 is 0. The van der Waals surface area contributed by atoms with Gasteiger partial charge in [-0.3, -0.25) is 9.59 Å². The predicted octanol–water partition coefficient (Wildman–Crippen LogP) is 5.97. The Balaban J connectivity index is 1.94. The van der Waals surface area contributed by atoms with Crippen LogP contribution < -0.4 is 10.9 Å². The van der Waals surface area contributed by atoms with Crippen molar-refractivity contribution in [1.29, 1.82) is 0 Å². The minimum absolute atomic E-state index is 0.0156. The van der Waals surface area contributed by atoms with Crippen molar-refractivity contribution in [3.8, 4) is 11.5 Å². The van der Waals surface area contributed by atoms with E-state index in [9.17, 15) is 19.8 Å². The van der Waals surface area contributed by atoms with Crippen molar-refractivity contribution in [2.45, 2.75) is 78.8 Å². The van der Waals surface area contributed by atoms with E-state index in [4.69, 9.17) is 9.47 Å². The molecule has 7 rings (SSSR count). The Hall–Kier alpha value is -3.48. The summed E-state index contributed by atoms with van der Waals surface area (Å²) in [5.41, 5.74) is 3.75. The Morgan fingerprint density at radius 2 is 1.00 bits per heavy atom. The Morgan fingerprint density at radius 3 is 1.37 bits per heavy atom. The average Bonchev–Trinajstić information content (AvgIpc) is 2.83. The van der Waals surface area contributed by atoms with Gasteiger partial charge in [0.1, 0.15) is 11.5 Å². The van der Waals surface area contributed by atoms with E-state index < -0.39 is 12.2 Å². The first-order valence-electron chi connectivity index (χ1n) is 13.4. The fraction of sp³-hybridized carbons (Fsp3) is 0.375. The molecule has 0 saturated heterocycles. The van der Waals surface area contributed by atoms with Crippen LogP contribution in [0, 0.1) is 13.8 Å². The second-order valence-electron chi connectivity index (χ2n) is 11.5. The van der Waals surface area contributed by atoms with Gasteiger partial charge in [0, 0.05) is 21.9 Å². The van der Waals surface area contributed by atoms with Gasteiger partial charge in [0.15, 0.2) is 10.9 Å². The van der Waals surface area contributed by atoms with Crippen LogP contribution in [0.4, 0.5) is 0 Å². The second kappa shape index (κ2) is 7.55. The van der Waals surface area contributed by atoms with Crippen LogP contribution in [0.5, 0.6) is 11.5 Å². The summed E-state index contributed by atoms with van der Waals surface area (Å²) < 4.78 is 12.2. The molecule has 2 heterocycles. The van der Waals surface area contributed by atoms with Crippen LogP contribution in [-0.2, 0) is 22.3 Å². The molecule has 4 atom stereocenters. The molecule has 38 heavy (non-hydrogen) atoms. The molecule has 6 nitrogen and oxygen atoms in total. The van der Waals surface area contributed by atoms with Gasteiger partial charge in [-0.25, -0.2) is 0 Å². The third kappa shape index (κ3) is 2.74. The van der Waals surface area contributed by atoms with E-state index in [1.54, 1.807) is 13.8 Å². The van der Waals surface area contributed by atoms with E-state index in [1.807, 2.05) is 39.8 Å². The van der Waals surface area contributed by atoms with E-state index >= 15 is 0 Å². The molecule has 0 spiro atoms. The highest BCUT2D eigenvalue weighted by atomic mass is 16.5. The first-order chi connectivity index (χ1) is 18.0. The van der Waals surface area contributed by atoms with Crippen molar-refractivity contribution >= 4 is 43.1 Å². The van der Waals surface area contributed by atoms with Crippen LogP contribution in [0.2, 0.25) is 0 Å². The molecule has 5 aromatic carbocycles. The normalized spacial score (nSPS) is 23.5. The monoisotopic (exact) mass is 510 g/mol. The van der Waals surface area contributed by atoms with Gasteiger partial charge >= 0.3 is 0 Å². The maximum atomic E-state index is 14.1. The van der Waals surface area contributed by atoms with Crippen molar-refractivity contribution in [1.82, 2.24) is 0 Å². The number of aryl methyl sites for hydroxylation is 2. The van der Waals surface area contributed by atoms with Gasteiger partial charge < -0.3 is 19.7 Å². The van der Waals surface area contributed by atoms with Gasteiger partial charge in [0.05, 0.1) is 35.2 Å². The first-order valence-corrected chi connectivity index (χ1v) is 13.4. The van der Waals surface area contributed by atoms with E-state index in [2.05, 4.69) is 0 Å². The van der Waals surface area contributed by atoms with Crippen LogP contribution in [0.25, 0.3) is 43.1 Å². The second-order valence-corrected chi connectivity index (χ2v) is 11.5. The molecule has 6 heteroatoms. The molecule has 2 N–H and O–H groups in total. The average molecular weight is 511 g/mol. The molecule has 0 unspecified atom stereocenters. The number of fused-ring (bicyclic) bond motifs is 6. The fourth-order valence-corrected chi connectivity index (χ4v) is 7.46. The van der Waals surface area contributed by atoms with Crippen LogP contribution in [0.15, 0.2) is 21.7 Å². The smallest absolute Gasteiger partial charge is 0.196 e. The Morgan fingerprint density at radius 1 is 0.632 bits per heavy atom. The third-order valence-corrected chi connectivity index (χ3v) is 8.89. The zero-order valence-electron chi connectivity index (χ0n) is 22.4. The topological polar surface area (TPSA) is 93.1 Å². The van der Waals surface area contributed by atoms with Crippen molar-refractivity contribution < 1.29 is 19.7 Å². The van der Waals surface area contributed by atoms with Gasteiger partial charge in [-0.05, 0) is 110 Å². The predicted molar refractivity (Wildman–Crippen MR) is 150 cm³/mol. The van der Waals surface area contributed by atoms with Crippen molar-refractivity contribution in [2.24, 2.45) is 0 Å². The molecule has 2 aliphatic heterocycles. The maximum Gasteiger partial charge on any atom is 0.196 e. The molecule has 0 aliphatic carbocycles. The zero-order valence-corrected chi connectivity index (χ0v) is 22.4. The fourth-order valence-electron chi connectivity index (χ4n) is 7.46. The van der Waals surface area contributed by atoms with E-state index in [0.29, 0.717) is 45.9 Å². The van der Waals surface area contributed by atoms with Crippen LogP contribution >= 0.6 is 0 Å². The molecular formula is C32H30O6. The lowest BCUT2D eigenvalue weighted by Crippen LogP contribution is -2.30. The highest BCUT2D eigenvalue weighted by molar-refractivity contribution is 6.36. The molecule has 2 aliphatic rings. The number of phenols is 2.